The highest BCUT2D eigenvalue weighted by atomic mass is 16.2. The van der Waals surface area contributed by atoms with Crippen molar-refractivity contribution in [2.24, 2.45) is 5.92 Å². The third-order valence-corrected chi connectivity index (χ3v) is 4.21. The molecular formula is C15H21N3O. The molecule has 3 N–H and O–H groups in total. The number of carbonyl (C=O) groups excluding carboxylic acids is 1. The quantitative estimate of drug-likeness (QED) is 0.768. The summed E-state index contributed by atoms with van der Waals surface area (Å²) in [5, 5.41) is 3.06. The Morgan fingerprint density at radius 2 is 2.00 bits per heavy atom. The van der Waals surface area contributed by atoms with Crippen LogP contribution in [0.2, 0.25) is 0 Å². The molecule has 4 nitrogen and oxygen atoms in total. The van der Waals surface area contributed by atoms with Crippen LogP contribution in [-0.4, -0.2) is 18.5 Å². The van der Waals surface area contributed by atoms with E-state index in [4.69, 9.17) is 0 Å². The van der Waals surface area contributed by atoms with Crippen molar-refractivity contribution in [1.29, 1.82) is 0 Å². The minimum atomic E-state index is -0.120. The number of nitrogens with one attached hydrogen (secondary N) is 3. The first-order valence-corrected chi connectivity index (χ1v) is 7.16. The summed E-state index contributed by atoms with van der Waals surface area (Å²) in [6.45, 7) is 0.840. The van der Waals surface area contributed by atoms with Crippen LogP contribution in [-0.2, 0) is 4.79 Å². The minimum absolute atomic E-state index is 0.120. The first-order valence-electron chi connectivity index (χ1n) is 7.16. The van der Waals surface area contributed by atoms with Crippen LogP contribution >= 0.6 is 0 Å². The van der Waals surface area contributed by atoms with Gasteiger partial charge in [0.1, 0.15) is 6.04 Å². The largest absolute Gasteiger partial charge is 0.354 e. The van der Waals surface area contributed by atoms with E-state index < -0.39 is 0 Å². The summed E-state index contributed by atoms with van der Waals surface area (Å²) in [4.78, 5) is 12.1. The van der Waals surface area contributed by atoms with Gasteiger partial charge in [-0.05, 0) is 30.7 Å². The smallest absolute Gasteiger partial charge is 0.238 e. The molecule has 1 saturated heterocycles. The Morgan fingerprint density at radius 3 is 2.68 bits per heavy atom. The zero-order valence-corrected chi connectivity index (χ0v) is 11.1. The highest BCUT2D eigenvalue weighted by molar-refractivity contribution is 5.82. The summed E-state index contributed by atoms with van der Waals surface area (Å²) in [7, 11) is 0. The molecule has 1 aliphatic heterocycles. The van der Waals surface area contributed by atoms with Gasteiger partial charge in [-0.15, -0.1) is 0 Å². The number of benzene rings is 1. The molecule has 2 aliphatic rings. The number of amides is 1. The second kappa shape index (κ2) is 5.72. The highest BCUT2D eigenvalue weighted by Gasteiger charge is 2.30. The van der Waals surface area contributed by atoms with E-state index in [1.807, 2.05) is 18.2 Å². The normalized spacial score (nSPS) is 26.9. The van der Waals surface area contributed by atoms with E-state index in [0.29, 0.717) is 5.92 Å². The maximum absolute atomic E-state index is 12.1. The molecule has 2 fully saturated rings. The maximum Gasteiger partial charge on any atom is 0.238 e. The van der Waals surface area contributed by atoms with Gasteiger partial charge in [-0.2, -0.15) is 0 Å². The molecule has 102 valence electrons. The number of carbonyl (C=O) groups is 1. The first-order chi connectivity index (χ1) is 9.33. The number of hydrogen-bond acceptors (Lipinski definition) is 3. The van der Waals surface area contributed by atoms with Crippen LogP contribution in [0.5, 0.6) is 0 Å². The molecule has 1 aromatic rings. The fourth-order valence-electron chi connectivity index (χ4n) is 2.70. The van der Waals surface area contributed by atoms with Crippen molar-refractivity contribution in [3.8, 4) is 0 Å². The predicted molar refractivity (Wildman–Crippen MR) is 74.2 cm³/mol. The van der Waals surface area contributed by atoms with E-state index >= 15 is 0 Å². The van der Waals surface area contributed by atoms with Crippen molar-refractivity contribution in [2.75, 3.05) is 6.54 Å². The zero-order chi connectivity index (χ0) is 13.1. The van der Waals surface area contributed by atoms with Crippen molar-refractivity contribution < 1.29 is 4.79 Å². The van der Waals surface area contributed by atoms with Crippen molar-refractivity contribution in [3.63, 3.8) is 0 Å². The first kappa shape index (κ1) is 12.6. The summed E-state index contributed by atoms with van der Waals surface area (Å²) < 4.78 is 0. The van der Waals surface area contributed by atoms with Crippen molar-refractivity contribution >= 4 is 5.91 Å². The molecule has 2 unspecified atom stereocenters. The summed E-state index contributed by atoms with van der Waals surface area (Å²) in [6.07, 6.45) is 4.66. The zero-order valence-electron chi connectivity index (χ0n) is 11.1. The molecular weight excluding hydrogens is 238 g/mol. The van der Waals surface area contributed by atoms with Gasteiger partial charge in [0.25, 0.3) is 0 Å². The molecule has 1 saturated carbocycles. The molecule has 2 atom stereocenters. The maximum atomic E-state index is 12.1. The third-order valence-electron chi connectivity index (χ3n) is 4.21. The number of rotatable bonds is 4. The Bertz CT molecular complexity index is 430. The van der Waals surface area contributed by atoms with Gasteiger partial charge in [-0.25, -0.2) is 10.9 Å². The minimum Gasteiger partial charge on any atom is -0.354 e. The van der Waals surface area contributed by atoms with E-state index in [1.54, 1.807) is 0 Å². The third kappa shape index (κ3) is 2.96. The fourth-order valence-corrected chi connectivity index (χ4v) is 2.70. The molecule has 19 heavy (non-hydrogen) atoms. The highest BCUT2D eigenvalue weighted by Crippen LogP contribution is 2.25. The van der Waals surface area contributed by atoms with Gasteiger partial charge >= 0.3 is 0 Å². The van der Waals surface area contributed by atoms with Crippen LogP contribution in [0.15, 0.2) is 30.3 Å². The Morgan fingerprint density at radius 1 is 1.21 bits per heavy atom. The van der Waals surface area contributed by atoms with E-state index in [-0.39, 0.29) is 18.0 Å². The summed E-state index contributed by atoms with van der Waals surface area (Å²) in [5.74, 6) is 0.834. The molecule has 1 heterocycles. The summed E-state index contributed by atoms with van der Waals surface area (Å²) in [6, 6.07) is 10.4. The van der Waals surface area contributed by atoms with Crippen LogP contribution in [0.25, 0.3) is 0 Å². The standard InChI is InChI=1S/C15H21N3O/c19-15(16-10-11-5-4-6-11)14-9-13(17-18-14)12-7-2-1-3-8-12/h1-3,7-8,11,13-14,17-18H,4-6,9-10H2,(H,16,19). The average molecular weight is 259 g/mol. The van der Waals surface area contributed by atoms with Crippen molar-refractivity contribution in [3.05, 3.63) is 35.9 Å². The molecule has 4 heteroatoms. The van der Waals surface area contributed by atoms with E-state index in [2.05, 4.69) is 28.3 Å². The summed E-state index contributed by atoms with van der Waals surface area (Å²) in [5.41, 5.74) is 7.54. The Balaban J connectivity index is 1.49. The Kier molecular flexibility index (Phi) is 3.80. The van der Waals surface area contributed by atoms with Crippen LogP contribution in [0.3, 0.4) is 0 Å². The predicted octanol–water partition coefficient (Wildman–Crippen LogP) is 1.51. The van der Waals surface area contributed by atoms with Crippen LogP contribution in [0.4, 0.5) is 0 Å². The molecule has 1 aliphatic carbocycles. The second-order valence-electron chi connectivity index (χ2n) is 5.58. The topological polar surface area (TPSA) is 53.2 Å². The average Bonchev–Trinajstić information content (AvgIpc) is 2.87. The lowest BCUT2D eigenvalue weighted by Crippen LogP contribution is -2.45. The van der Waals surface area contributed by atoms with Crippen LogP contribution in [0, 0.1) is 5.92 Å². The van der Waals surface area contributed by atoms with Gasteiger partial charge in [0, 0.05) is 12.6 Å². The monoisotopic (exact) mass is 259 g/mol. The van der Waals surface area contributed by atoms with Crippen molar-refractivity contribution in [2.45, 2.75) is 37.8 Å². The second-order valence-corrected chi connectivity index (χ2v) is 5.58. The van der Waals surface area contributed by atoms with Crippen molar-refractivity contribution in [1.82, 2.24) is 16.2 Å². The van der Waals surface area contributed by atoms with Crippen LogP contribution in [0.1, 0.15) is 37.3 Å². The molecule has 0 spiro atoms. The van der Waals surface area contributed by atoms with E-state index in [0.717, 1.165) is 13.0 Å². The van der Waals surface area contributed by atoms with Crippen LogP contribution < -0.4 is 16.2 Å². The summed E-state index contributed by atoms with van der Waals surface area (Å²) >= 11 is 0. The fraction of sp³-hybridized carbons (Fsp3) is 0.533. The van der Waals surface area contributed by atoms with E-state index in [1.165, 1.54) is 24.8 Å². The number of hydrazine groups is 1. The van der Waals surface area contributed by atoms with Gasteiger partial charge in [0.2, 0.25) is 5.91 Å². The molecule has 3 rings (SSSR count). The van der Waals surface area contributed by atoms with Gasteiger partial charge in [-0.3, -0.25) is 4.79 Å². The lowest BCUT2D eigenvalue weighted by Gasteiger charge is -2.25. The van der Waals surface area contributed by atoms with Gasteiger partial charge in [0.05, 0.1) is 0 Å². The van der Waals surface area contributed by atoms with Gasteiger partial charge in [-0.1, -0.05) is 36.8 Å². The molecule has 0 radical (unpaired) electrons. The molecule has 0 bridgehead atoms. The van der Waals surface area contributed by atoms with E-state index in [9.17, 15) is 4.79 Å². The Hall–Kier alpha value is -1.39. The lowest BCUT2D eigenvalue weighted by molar-refractivity contribution is -0.123. The van der Waals surface area contributed by atoms with Gasteiger partial charge in [0.15, 0.2) is 0 Å². The van der Waals surface area contributed by atoms with Gasteiger partial charge < -0.3 is 5.32 Å². The number of hydrogen-bond donors (Lipinski definition) is 3. The lowest BCUT2D eigenvalue weighted by atomic mass is 9.85. The Labute approximate surface area is 113 Å². The molecule has 1 amide bonds. The molecule has 1 aromatic carbocycles. The molecule has 0 aromatic heterocycles. The SMILES string of the molecule is O=C(NCC1CCC1)C1CC(c2ccccc2)NN1.